The Hall–Kier alpha value is -1.36. The number of carbonyl (C=O) groups is 2. The van der Waals surface area contributed by atoms with E-state index >= 15 is 0 Å². The average Bonchev–Trinajstić information content (AvgIpc) is 2.34. The third-order valence-electron chi connectivity index (χ3n) is 2.31. The topological polar surface area (TPSA) is 61.8 Å². The fraction of sp³-hybridized carbons (Fsp3) is 0.692. The van der Waals surface area contributed by atoms with E-state index in [9.17, 15) is 9.59 Å². The molecule has 0 bridgehead atoms. The van der Waals surface area contributed by atoms with Gasteiger partial charge in [-0.1, -0.05) is 6.92 Å². The highest BCUT2D eigenvalue weighted by atomic mass is 16.5. The maximum absolute atomic E-state index is 11.2. The van der Waals surface area contributed by atoms with E-state index in [1.165, 1.54) is 0 Å². The maximum Gasteiger partial charge on any atom is 0.331 e. The van der Waals surface area contributed by atoms with Crippen LogP contribution in [-0.4, -0.2) is 38.9 Å². The lowest BCUT2D eigenvalue weighted by molar-refractivity contribution is -0.140. The van der Waals surface area contributed by atoms with Gasteiger partial charge in [0.15, 0.2) is 0 Å². The van der Waals surface area contributed by atoms with E-state index in [2.05, 4.69) is 11.7 Å². The molecule has 0 saturated carbocycles. The van der Waals surface area contributed by atoms with Gasteiger partial charge < -0.3 is 14.2 Å². The first-order valence-electron chi connectivity index (χ1n) is 6.10. The van der Waals surface area contributed by atoms with Gasteiger partial charge in [0.05, 0.1) is 13.2 Å². The Bertz CT molecular complexity index is 273. The molecule has 0 spiro atoms. The van der Waals surface area contributed by atoms with Gasteiger partial charge in [0.2, 0.25) is 0 Å². The summed E-state index contributed by atoms with van der Waals surface area (Å²) in [6.45, 7) is 5.11. The Balaban J connectivity index is 3.67. The summed E-state index contributed by atoms with van der Waals surface area (Å²) in [5.41, 5.74) is 0. The van der Waals surface area contributed by atoms with Crippen LogP contribution in [0.5, 0.6) is 0 Å². The van der Waals surface area contributed by atoms with Gasteiger partial charge in [0.25, 0.3) is 0 Å². The molecule has 0 N–H and O–H groups in total. The SMILES string of the molecule is CCOC(=O)/C=C/C(=O)OCCC(C)CCOC. The molecule has 0 heterocycles. The van der Waals surface area contributed by atoms with E-state index in [4.69, 9.17) is 9.47 Å². The molecule has 5 nitrogen and oxygen atoms in total. The minimum atomic E-state index is -0.539. The molecule has 0 amide bonds. The molecule has 0 aromatic carbocycles. The van der Waals surface area contributed by atoms with Crippen LogP contribution in [-0.2, 0) is 23.8 Å². The van der Waals surface area contributed by atoms with Crippen molar-refractivity contribution in [1.82, 2.24) is 0 Å². The van der Waals surface area contributed by atoms with Crippen molar-refractivity contribution in [3.8, 4) is 0 Å². The van der Waals surface area contributed by atoms with Crippen molar-refractivity contribution < 1.29 is 23.8 Å². The number of hydrogen-bond donors (Lipinski definition) is 0. The molecule has 1 atom stereocenters. The van der Waals surface area contributed by atoms with Gasteiger partial charge in [0.1, 0.15) is 0 Å². The summed E-state index contributed by atoms with van der Waals surface area (Å²) in [6.07, 6.45) is 3.87. The van der Waals surface area contributed by atoms with E-state index in [1.807, 2.05) is 0 Å². The summed E-state index contributed by atoms with van der Waals surface area (Å²) in [5, 5.41) is 0. The number of carbonyl (C=O) groups excluding carboxylic acids is 2. The zero-order chi connectivity index (χ0) is 13.8. The van der Waals surface area contributed by atoms with E-state index in [0.29, 0.717) is 19.1 Å². The molecule has 18 heavy (non-hydrogen) atoms. The minimum absolute atomic E-state index is 0.287. The van der Waals surface area contributed by atoms with Crippen molar-refractivity contribution in [3.05, 3.63) is 12.2 Å². The fourth-order valence-corrected chi connectivity index (χ4v) is 1.20. The Morgan fingerprint density at radius 3 is 2.17 bits per heavy atom. The molecular formula is C13H22O5. The summed E-state index contributed by atoms with van der Waals surface area (Å²) in [7, 11) is 1.66. The van der Waals surface area contributed by atoms with Crippen LogP contribution in [0.25, 0.3) is 0 Å². The fourth-order valence-electron chi connectivity index (χ4n) is 1.20. The van der Waals surface area contributed by atoms with Gasteiger partial charge in [-0.15, -0.1) is 0 Å². The molecule has 0 aliphatic heterocycles. The van der Waals surface area contributed by atoms with Crippen LogP contribution >= 0.6 is 0 Å². The Morgan fingerprint density at radius 1 is 1.06 bits per heavy atom. The van der Waals surface area contributed by atoms with Crippen LogP contribution in [0.1, 0.15) is 26.7 Å². The summed E-state index contributed by atoms with van der Waals surface area (Å²) in [6, 6.07) is 0. The number of ether oxygens (including phenoxy) is 3. The van der Waals surface area contributed by atoms with Gasteiger partial charge in [-0.25, -0.2) is 9.59 Å². The smallest absolute Gasteiger partial charge is 0.331 e. The molecule has 0 saturated heterocycles. The summed E-state index contributed by atoms with van der Waals surface area (Å²) in [5.74, 6) is -0.628. The highest BCUT2D eigenvalue weighted by Gasteiger charge is 2.04. The largest absolute Gasteiger partial charge is 0.463 e. The van der Waals surface area contributed by atoms with E-state index in [-0.39, 0.29) is 6.61 Å². The van der Waals surface area contributed by atoms with Gasteiger partial charge >= 0.3 is 11.9 Å². The minimum Gasteiger partial charge on any atom is -0.463 e. The molecule has 0 aliphatic rings. The molecular weight excluding hydrogens is 236 g/mol. The first-order valence-corrected chi connectivity index (χ1v) is 6.10. The van der Waals surface area contributed by atoms with Crippen molar-refractivity contribution in [2.75, 3.05) is 26.9 Å². The lowest BCUT2D eigenvalue weighted by Gasteiger charge is -2.09. The highest BCUT2D eigenvalue weighted by Crippen LogP contribution is 2.07. The van der Waals surface area contributed by atoms with Gasteiger partial charge in [-0.3, -0.25) is 0 Å². The monoisotopic (exact) mass is 258 g/mol. The quantitative estimate of drug-likeness (QED) is 0.465. The summed E-state index contributed by atoms with van der Waals surface area (Å²) >= 11 is 0. The Labute approximate surface area is 108 Å². The second kappa shape index (κ2) is 10.8. The van der Waals surface area contributed by atoms with Gasteiger partial charge in [-0.05, 0) is 25.7 Å². The van der Waals surface area contributed by atoms with Crippen molar-refractivity contribution in [3.63, 3.8) is 0 Å². The van der Waals surface area contributed by atoms with Crippen molar-refractivity contribution in [1.29, 1.82) is 0 Å². The van der Waals surface area contributed by atoms with Crippen LogP contribution in [0.3, 0.4) is 0 Å². The summed E-state index contributed by atoms with van der Waals surface area (Å²) < 4.78 is 14.5. The molecule has 1 unspecified atom stereocenters. The standard InChI is InChI=1S/C13H22O5/c1-4-17-12(14)5-6-13(15)18-10-8-11(2)7-9-16-3/h5-6,11H,4,7-10H2,1-3H3/b6-5+. The number of hydrogen-bond acceptors (Lipinski definition) is 5. The second-order valence-corrected chi connectivity index (χ2v) is 3.93. The number of rotatable bonds is 9. The van der Waals surface area contributed by atoms with Crippen LogP contribution in [0.2, 0.25) is 0 Å². The van der Waals surface area contributed by atoms with E-state index in [0.717, 1.165) is 25.0 Å². The molecule has 0 rings (SSSR count). The zero-order valence-electron chi connectivity index (χ0n) is 11.3. The molecule has 5 heteroatoms. The zero-order valence-corrected chi connectivity index (χ0v) is 11.3. The first-order chi connectivity index (χ1) is 8.60. The lowest BCUT2D eigenvalue weighted by atomic mass is 10.1. The molecule has 0 fully saturated rings. The predicted molar refractivity (Wildman–Crippen MR) is 67.0 cm³/mol. The molecule has 0 aromatic heterocycles. The lowest BCUT2D eigenvalue weighted by Crippen LogP contribution is -2.08. The normalized spacial score (nSPS) is 12.4. The van der Waals surface area contributed by atoms with Crippen LogP contribution < -0.4 is 0 Å². The average molecular weight is 258 g/mol. The third-order valence-corrected chi connectivity index (χ3v) is 2.31. The summed E-state index contributed by atoms with van der Waals surface area (Å²) in [4.78, 5) is 22.1. The Morgan fingerprint density at radius 2 is 1.61 bits per heavy atom. The van der Waals surface area contributed by atoms with Crippen molar-refractivity contribution in [2.24, 2.45) is 5.92 Å². The third kappa shape index (κ3) is 9.84. The molecule has 104 valence electrons. The molecule has 0 aliphatic carbocycles. The Kier molecular flexibility index (Phi) is 9.96. The van der Waals surface area contributed by atoms with Gasteiger partial charge in [0, 0.05) is 25.9 Å². The number of methoxy groups -OCH3 is 1. The maximum atomic E-state index is 11.2. The first kappa shape index (κ1) is 16.6. The molecule has 0 aromatic rings. The predicted octanol–water partition coefficient (Wildman–Crippen LogP) is 1.71. The van der Waals surface area contributed by atoms with Crippen LogP contribution in [0.4, 0.5) is 0 Å². The number of esters is 2. The van der Waals surface area contributed by atoms with E-state index < -0.39 is 11.9 Å². The van der Waals surface area contributed by atoms with Crippen molar-refractivity contribution in [2.45, 2.75) is 26.7 Å². The molecule has 0 radical (unpaired) electrons. The highest BCUT2D eigenvalue weighted by molar-refractivity contribution is 5.91. The van der Waals surface area contributed by atoms with Gasteiger partial charge in [-0.2, -0.15) is 0 Å². The van der Waals surface area contributed by atoms with Crippen LogP contribution in [0, 0.1) is 5.92 Å². The van der Waals surface area contributed by atoms with Crippen LogP contribution in [0.15, 0.2) is 12.2 Å². The second-order valence-electron chi connectivity index (χ2n) is 3.93. The van der Waals surface area contributed by atoms with Crippen molar-refractivity contribution >= 4 is 11.9 Å². The van der Waals surface area contributed by atoms with E-state index in [1.54, 1.807) is 14.0 Å².